The SMILES string of the molecule is CC(NCc1cn(C)nn1)C1CCC1. The summed E-state index contributed by atoms with van der Waals surface area (Å²) in [7, 11) is 1.89. The summed E-state index contributed by atoms with van der Waals surface area (Å²) in [6.45, 7) is 3.10. The van der Waals surface area contributed by atoms with Gasteiger partial charge in [-0.3, -0.25) is 4.68 Å². The van der Waals surface area contributed by atoms with Crippen LogP contribution in [0.15, 0.2) is 6.20 Å². The number of nitrogens with one attached hydrogen (secondary N) is 1. The fraction of sp³-hybridized carbons (Fsp3) is 0.800. The predicted octanol–water partition coefficient (Wildman–Crippen LogP) is 1.09. The van der Waals surface area contributed by atoms with Crippen molar-refractivity contribution in [1.29, 1.82) is 0 Å². The molecule has 14 heavy (non-hydrogen) atoms. The van der Waals surface area contributed by atoms with Crippen molar-refractivity contribution in [1.82, 2.24) is 20.3 Å². The van der Waals surface area contributed by atoms with E-state index in [-0.39, 0.29) is 0 Å². The average Bonchev–Trinajstić information content (AvgIpc) is 2.45. The molecular formula is C10H18N4. The molecule has 0 aromatic carbocycles. The smallest absolute Gasteiger partial charge is 0.0964 e. The summed E-state index contributed by atoms with van der Waals surface area (Å²) >= 11 is 0. The third kappa shape index (κ3) is 2.12. The van der Waals surface area contributed by atoms with Crippen LogP contribution in [0, 0.1) is 5.92 Å². The van der Waals surface area contributed by atoms with Gasteiger partial charge in [-0.2, -0.15) is 0 Å². The number of nitrogens with zero attached hydrogens (tertiary/aromatic N) is 3. The summed E-state index contributed by atoms with van der Waals surface area (Å²) in [4.78, 5) is 0. The lowest BCUT2D eigenvalue weighted by atomic mass is 9.80. The molecule has 0 bridgehead atoms. The van der Waals surface area contributed by atoms with E-state index in [4.69, 9.17) is 0 Å². The molecule has 1 aliphatic carbocycles. The van der Waals surface area contributed by atoms with Crippen LogP contribution < -0.4 is 5.32 Å². The van der Waals surface area contributed by atoms with Gasteiger partial charge in [0.15, 0.2) is 0 Å². The van der Waals surface area contributed by atoms with Crippen LogP contribution in [0.2, 0.25) is 0 Å². The monoisotopic (exact) mass is 194 g/mol. The fourth-order valence-electron chi connectivity index (χ4n) is 1.85. The van der Waals surface area contributed by atoms with Crippen LogP contribution >= 0.6 is 0 Å². The lowest BCUT2D eigenvalue weighted by Crippen LogP contribution is -2.36. The summed E-state index contributed by atoms with van der Waals surface area (Å²) < 4.78 is 1.74. The maximum atomic E-state index is 4.04. The minimum absolute atomic E-state index is 0.616. The molecule has 4 nitrogen and oxygen atoms in total. The van der Waals surface area contributed by atoms with Gasteiger partial charge in [-0.15, -0.1) is 5.10 Å². The first-order valence-electron chi connectivity index (χ1n) is 5.34. The van der Waals surface area contributed by atoms with Gasteiger partial charge in [-0.25, -0.2) is 0 Å². The zero-order valence-electron chi connectivity index (χ0n) is 8.90. The molecule has 0 spiro atoms. The lowest BCUT2D eigenvalue weighted by molar-refractivity contribution is 0.239. The molecule has 0 saturated heterocycles. The summed E-state index contributed by atoms with van der Waals surface area (Å²) in [5.74, 6) is 0.881. The van der Waals surface area contributed by atoms with E-state index in [1.165, 1.54) is 19.3 Å². The molecule has 1 saturated carbocycles. The molecular weight excluding hydrogens is 176 g/mol. The van der Waals surface area contributed by atoms with Crippen molar-refractivity contribution < 1.29 is 0 Å². The van der Waals surface area contributed by atoms with E-state index in [0.29, 0.717) is 6.04 Å². The Hall–Kier alpha value is -0.900. The van der Waals surface area contributed by atoms with Gasteiger partial charge in [0.2, 0.25) is 0 Å². The van der Waals surface area contributed by atoms with Crippen LogP contribution in [-0.2, 0) is 13.6 Å². The zero-order chi connectivity index (χ0) is 9.97. The van der Waals surface area contributed by atoms with Crippen LogP contribution in [0.5, 0.6) is 0 Å². The van der Waals surface area contributed by atoms with E-state index in [1.54, 1.807) is 4.68 Å². The van der Waals surface area contributed by atoms with Crippen molar-refractivity contribution in [3.05, 3.63) is 11.9 Å². The molecule has 0 aliphatic heterocycles. The van der Waals surface area contributed by atoms with Crippen molar-refractivity contribution >= 4 is 0 Å². The molecule has 1 aliphatic rings. The molecule has 0 amide bonds. The Balaban J connectivity index is 1.76. The standard InChI is InChI=1S/C10H18N4/c1-8(9-4-3-5-9)11-6-10-7-14(2)13-12-10/h7-9,11H,3-6H2,1-2H3. The van der Waals surface area contributed by atoms with Gasteiger partial charge >= 0.3 is 0 Å². The number of rotatable bonds is 4. The molecule has 1 unspecified atom stereocenters. The van der Waals surface area contributed by atoms with Crippen molar-refractivity contribution in [2.45, 2.75) is 38.8 Å². The predicted molar refractivity (Wildman–Crippen MR) is 54.6 cm³/mol. The summed E-state index contributed by atoms with van der Waals surface area (Å²) in [5.41, 5.74) is 1.03. The third-order valence-electron chi connectivity index (χ3n) is 3.11. The van der Waals surface area contributed by atoms with Gasteiger partial charge < -0.3 is 5.32 Å². The highest BCUT2D eigenvalue weighted by Crippen LogP contribution is 2.29. The molecule has 0 radical (unpaired) electrons. The highest BCUT2D eigenvalue weighted by Gasteiger charge is 2.23. The van der Waals surface area contributed by atoms with Gasteiger partial charge in [0.05, 0.1) is 5.69 Å². The van der Waals surface area contributed by atoms with Crippen molar-refractivity contribution in [3.8, 4) is 0 Å². The quantitative estimate of drug-likeness (QED) is 0.780. The molecule has 1 aromatic heterocycles. The van der Waals surface area contributed by atoms with Gasteiger partial charge in [0.1, 0.15) is 0 Å². The molecule has 1 N–H and O–H groups in total. The van der Waals surface area contributed by atoms with Crippen molar-refractivity contribution in [2.75, 3.05) is 0 Å². The van der Waals surface area contributed by atoms with Crippen LogP contribution in [0.4, 0.5) is 0 Å². The number of hydrogen-bond acceptors (Lipinski definition) is 3. The first kappa shape index (κ1) is 9.65. The van der Waals surface area contributed by atoms with E-state index in [1.807, 2.05) is 13.2 Å². The lowest BCUT2D eigenvalue weighted by Gasteiger charge is -2.31. The zero-order valence-corrected chi connectivity index (χ0v) is 8.90. The van der Waals surface area contributed by atoms with E-state index in [9.17, 15) is 0 Å². The van der Waals surface area contributed by atoms with E-state index >= 15 is 0 Å². The van der Waals surface area contributed by atoms with E-state index < -0.39 is 0 Å². The second kappa shape index (κ2) is 4.09. The molecule has 1 fully saturated rings. The Kier molecular flexibility index (Phi) is 2.82. The molecule has 1 heterocycles. The van der Waals surface area contributed by atoms with Gasteiger partial charge in [-0.1, -0.05) is 11.6 Å². The largest absolute Gasteiger partial charge is 0.308 e. The summed E-state index contributed by atoms with van der Waals surface area (Å²) in [6, 6.07) is 0.616. The topological polar surface area (TPSA) is 42.7 Å². The van der Waals surface area contributed by atoms with Gasteiger partial charge in [0.25, 0.3) is 0 Å². The maximum absolute atomic E-state index is 4.04. The Bertz CT molecular complexity index is 290. The van der Waals surface area contributed by atoms with Crippen molar-refractivity contribution in [2.24, 2.45) is 13.0 Å². The fourth-order valence-corrected chi connectivity index (χ4v) is 1.85. The summed E-state index contributed by atoms with van der Waals surface area (Å²) in [6.07, 6.45) is 6.13. The molecule has 1 aromatic rings. The minimum Gasteiger partial charge on any atom is -0.308 e. The Labute approximate surface area is 84.7 Å². The first-order valence-corrected chi connectivity index (χ1v) is 5.34. The van der Waals surface area contributed by atoms with Crippen LogP contribution in [-0.4, -0.2) is 21.0 Å². The van der Waals surface area contributed by atoms with E-state index in [0.717, 1.165) is 18.2 Å². The Morgan fingerprint density at radius 1 is 1.64 bits per heavy atom. The Morgan fingerprint density at radius 2 is 2.43 bits per heavy atom. The molecule has 78 valence electrons. The highest BCUT2D eigenvalue weighted by molar-refractivity contribution is 4.92. The van der Waals surface area contributed by atoms with Crippen molar-refractivity contribution in [3.63, 3.8) is 0 Å². The van der Waals surface area contributed by atoms with Crippen LogP contribution in [0.3, 0.4) is 0 Å². The van der Waals surface area contributed by atoms with Crippen LogP contribution in [0.25, 0.3) is 0 Å². The number of hydrogen-bond donors (Lipinski definition) is 1. The highest BCUT2D eigenvalue weighted by atomic mass is 15.4. The Morgan fingerprint density at radius 3 is 2.93 bits per heavy atom. The molecule has 1 atom stereocenters. The maximum Gasteiger partial charge on any atom is 0.0964 e. The molecule has 2 rings (SSSR count). The second-order valence-corrected chi connectivity index (χ2v) is 4.24. The summed E-state index contributed by atoms with van der Waals surface area (Å²) in [5, 5.41) is 11.4. The molecule has 4 heteroatoms. The average molecular weight is 194 g/mol. The first-order chi connectivity index (χ1) is 6.75. The number of aromatic nitrogens is 3. The normalized spacial score (nSPS) is 19.3. The van der Waals surface area contributed by atoms with Crippen LogP contribution in [0.1, 0.15) is 31.9 Å². The minimum atomic E-state index is 0.616. The number of aryl methyl sites for hydroxylation is 1. The van der Waals surface area contributed by atoms with Gasteiger partial charge in [-0.05, 0) is 25.7 Å². The third-order valence-corrected chi connectivity index (χ3v) is 3.11. The van der Waals surface area contributed by atoms with Gasteiger partial charge in [0, 0.05) is 25.8 Å². The van der Waals surface area contributed by atoms with E-state index in [2.05, 4.69) is 22.6 Å². The second-order valence-electron chi connectivity index (χ2n) is 4.24.